The van der Waals surface area contributed by atoms with Crippen LogP contribution in [-0.4, -0.2) is 45.7 Å². The van der Waals surface area contributed by atoms with Crippen LogP contribution in [0.15, 0.2) is 27.4 Å². The Morgan fingerprint density at radius 2 is 0.902 bits per heavy atom. The van der Waals surface area contributed by atoms with Gasteiger partial charge in [0, 0.05) is 0 Å². The van der Waals surface area contributed by atoms with Crippen LogP contribution in [0.25, 0.3) is 0 Å². The van der Waals surface area contributed by atoms with E-state index >= 15 is 0 Å². The molecule has 41 heavy (non-hydrogen) atoms. The molecule has 0 N–H and O–H groups in total. The van der Waals surface area contributed by atoms with E-state index in [1.165, 1.54) is 40.5 Å². The molecule has 0 fully saturated rings. The van der Waals surface area contributed by atoms with Gasteiger partial charge in [0.1, 0.15) is 0 Å². The summed E-state index contributed by atoms with van der Waals surface area (Å²) in [7, 11) is -3.83. The van der Waals surface area contributed by atoms with Gasteiger partial charge in [0.2, 0.25) is 0 Å². The molecule has 5 heteroatoms. The second-order valence-electron chi connectivity index (χ2n) is 19.3. The molecule has 0 radical (unpaired) electrons. The Balaban J connectivity index is 2.99. The summed E-state index contributed by atoms with van der Waals surface area (Å²) in [6.45, 7) is 44.1. The molecule has 0 aliphatic carbocycles. The van der Waals surface area contributed by atoms with Gasteiger partial charge in [-0.1, -0.05) is 0 Å². The van der Waals surface area contributed by atoms with Gasteiger partial charge in [-0.2, -0.15) is 0 Å². The summed E-state index contributed by atoms with van der Waals surface area (Å²) in [5.41, 5.74) is 10.7. The molecule has 0 aromatic heterocycles. The molecular formula is C36H64NSbSi3. The topological polar surface area (TPSA) is 12.4 Å². The molecule has 1 nitrogen and oxygen atoms in total. The average Bonchev–Trinajstić information content (AvgIpc) is 2.66. The minimum atomic E-state index is -1.31. The quantitative estimate of drug-likeness (QED) is 0.241. The van der Waals surface area contributed by atoms with Gasteiger partial charge in [-0.15, -0.1) is 0 Å². The molecule has 0 aliphatic rings. The van der Waals surface area contributed by atoms with Crippen molar-refractivity contribution in [2.24, 2.45) is 3.09 Å². The molecular weight excluding hydrogens is 652 g/mol. The van der Waals surface area contributed by atoms with Crippen molar-refractivity contribution in [3.05, 3.63) is 57.6 Å². The zero-order chi connectivity index (χ0) is 32.0. The van der Waals surface area contributed by atoms with Crippen LogP contribution in [-0.2, 0) is 34.4 Å². The molecule has 0 bridgehead atoms. The fourth-order valence-electron chi connectivity index (χ4n) is 5.51. The van der Waals surface area contributed by atoms with Gasteiger partial charge in [-0.3, -0.25) is 0 Å². The van der Waals surface area contributed by atoms with E-state index in [0.717, 1.165) is 0 Å². The summed E-state index contributed by atoms with van der Waals surface area (Å²) in [5.74, 6) is 0. The molecule has 0 unspecified atom stereocenters. The summed E-state index contributed by atoms with van der Waals surface area (Å²) in [4.78, 5) is 0. The third-order valence-electron chi connectivity index (χ3n) is 7.35. The van der Waals surface area contributed by atoms with E-state index in [1.807, 2.05) is 0 Å². The second-order valence-corrected chi connectivity index (χ2v) is 38.2. The number of nitrogens with zero attached hydrogens (tertiary/aromatic N) is 1. The maximum atomic E-state index is 5.81. The normalized spacial score (nSPS) is 14.3. The SMILES string of the molecule is CC(C)(C)c1cc(C(C)(C)C)c([N]=[Sb][c]2c(C[Si](C)(C)C)cc(C[Si](C)(C)C)cc2C[Si](C)(C)C)c(C(C)(C)C)c1. The predicted octanol–water partition coefficient (Wildman–Crippen LogP) is 10.7. The summed E-state index contributed by atoms with van der Waals surface area (Å²) < 4.78 is 7.49. The van der Waals surface area contributed by atoms with E-state index in [4.69, 9.17) is 3.09 Å². The monoisotopic (exact) mass is 715 g/mol. The van der Waals surface area contributed by atoms with Gasteiger partial charge in [-0.05, 0) is 0 Å². The molecule has 2 rings (SSSR count). The first-order valence-corrected chi connectivity index (χ1v) is 29.4. The van der Waals surface area contributed by atoms with E-state index in [1.54, 1.807) is 20.2 Å². The fraction of sp³-hybridized carbons (Fsp3) is 0.667. The minimum absolute atomic E-state index is 0.0415. The molecule has 230 valence electrons. The first-order valence-electron chi connectivity index (χ1n) is 15.8. The van der Waals surface area contributed by atoms with E-state index in [-0.39, 0.29) is 16.2 Å². The number of hydrogen-bond acceptors (Lipinski definition) is 1. The Bertz CT molecular complexity index is 1180. The summed E-state index contributed by atoms with van der Waals surface area (Å²) in [5, 5.41) is 0. The Hall–Kier alpha value is -0.291. The van der Waals surface area contributed by atoms with Crippen LogP contribution in [0.4, 0.5) is 5.69 Å². The number of benzene rings is 2. The maximum absolute atomic E-state index is 5.81. The van der Waals surface area contributed by atoms with Gasteiger partial charge < -0.3 is 0 Å². The number of hydrogen-bond donors (Lipinski definition) is 0. The van der Waals surface area contributed by atoms with Gasteiger partial charge >= 0.3 is 271 Å². The van der Waals surface area contributed by atoms with Crippen molar-refractivity contribution in [2.75, 3.05) is 0 Å². The van der Waals surface area contributed by atoms with Gasteiger partial charge in [-0.25, -0.2) is 0 Å². The van der Waals surface area contributed by atoms with Gasteiger partial charge in [0.05, 0.1) is 0 Å². The first-order chi connectivity index (χ1) is 18.1. The fourth-order valence-corrected chi connectivity index (χ4v) is 13.4. The Morgan fingerprint density at radius 1 is 0.537 bits per heavy atom. The Morgan fingerprint density at radius 3 is 1.20 bits per heavy atom. The summed E-state index contributed by atoms with van der Waals surface area (Å²) in [6.07, 6.45) is 0. The molecule has 0 saturated carbocycles. The van der Waals surface area contributed by atoms with Crippen LogP contribution >= 0.6 is 0 Å². The van der Waals surface area contributed by atoms with Crippen molar-refractivity contribution in [3.8, 4) is 0 Å². The Labute approximate surface area is 269 Å². The second kappa shape index (κ2) is 12.6. The first kappa shape index (κ1) is 36.9. The van der Waals surface area contributed by atoms with Crippen molar-refractivity contribution < 1.29 is 0 Å². The number of rotatable bonds is 8. The van der Waals surface area contributed by atoms with Crippen LogP contribution in [0, 0.1) is 0 Å². The molecule has 0 amide bonds. The van der Waals surface area contributed by atoms with Crippen LogP contribution < -0.4 is 3.51 Å². The van der Waals surface area contributed by atoms with Gasteiger partial charge in [0.25, 0.3) is 0 Å². The van der Waals surface area contributed by atoms with Crippen LogP contribution in [0.5, 0.6) is 0 Å². The average molecular weight is 717 g/mol. The Kier molecular flexibility index (Phi) is 11.3. The van der Waals surface area contributed by atoms with Crippen molar-refractivity contribution in [2.45, 2.75) is 156 Å². The van der Waals surface area contributed by atoms with Crippen LogP contribution in [0.1, 0.15) is 95.7 Å². The van der Waals surface area contributed by atoms with Gasteiger partial charge in [0.15, 0.2) is 0 Å². The van der Waals surface area contributed by atoms with Crippen molar-refractivity contribution in [1.82, 2.24) is 0 Å². The van der Waals surface area contributed by atoms with Crippen LogP contribution in [0.3, 0.4) is 0 Å². The third-order valence-corrected chi connectivity index (χ3v) is 14.8. The van der Waals surface area contributed by atoms with Crippen molar-refractivity contribution in [1.29, 1.82) is 0 Å². The zero-order valence-electron chi connectivity index (χ0n) is 30.3. The van der Waals surface area contributed by atoms with E-state index in [9.17, 15) is 0 Å². The predicted molar refractivity (Wildman–Crippen MR) is 198 cm³/mol. The summed E-state index contributed by atoms with van der Waals surface area (Å²) >= 11 is -1.02. The zero-order valence-corrected chi connectivity index (χ0v) is 35.9. The third kappa shape index (κ3) is 11.6. The summed E-state index contributed by atoms with van der Waals surface area (Å²) in [6, 6.07) is 14.1. The van der Waals surface area contributed by atoms with Crippen LogP contribution in [0.2, 0.25) is 58.9 Å². The molecule has 0 aliphatic heterocycles. The molecule has 0 atom stereocenters. The van der Waals surface area contributed by atoms with Crippen molar-refractivity contribution in [3.63, 3.8) is 0 Å². The van der Waals surface area contributed by atoms with E-state index in [2.05, 4.69) is 146 Å². The standard InChI is InChI=1S/C18H29N.C18H35Si3.Sb/c1-16(2,3)12-10-13(17(4,5)6)15(19)14(11-12)18(7,8)9;1-19(2,3)13-16-10-17(14-20(4,5)6)12-18(11-16)15-21(7,8)9;/h10-11H,1-9H3;10-11H,13-15H2,1-9H3;. The molecule has 2 aromatic rings. The van der Waals surface area contributed by atoms with E-state index in [0.29, 0.717) is 0 Å². The molecule has 0 saturated heterocycles. The van der Waals surface area contributed by atoms with E-state index < -0.39 is 45.7 Å². The molecule has 0 spiro atoms. The van der Waals surface area contributed by atoms with Crippen molar-refractivity contribution >= 4 is 54.9 Å². The molecule has 0 heterocycles. The molecule has 2 aromatic carbocycles.